The molecular weight excluding hydrogens is 334 g/mol. The molecule has 8 heteroatoms. The van der Waals surface area contributed by atoms with Crippen molar-refractivity contribution >= 4 is 40.7 Å². The maximum absolute atomic E-state index is 11.9. The van der Waals surface area contributed by atoms with Crippen LogP contribution in [0.1, 0.15) is 26.7 Å². The predicted molar refractivity (Wildman–Crippen MR) is 96.9 cm³/mol. The summed E-state index contributed by atoms with van der Waals surface area (Å²) in [4.78, 5) is 24.3. The van der Waals surface area contributed by atoms with E-state index in [1.54, 1.807) is 30.0 Å². The molecule has 0 aliphatic heterocycles. The normalized spacial score (nSPS) is 16.7. The van der Waals surface area contributed by atoms with Crippen molar-refractivity contribution in [1.29, 1.82) is 0 Å². The molecule has 1 aliphatic rings. The minimum atomic E-state index is -1.37. The van der Waals surface area contributed by atoms with Crippen molar-refractivity contribution in [2.24, 2.45) is 5.73 Å². The highest BCUT2D eigenvalue weighted by Crippen LogP contribution is 2.12. The zero-order valence-electron chi connectivity index (χ0n) is 13.2. The molecular formula is C15H23N3O3S2. The molecule has 0 radical (unpaired) electrons. The van der Waals surface area contributed by atoms with E-state index < -0.39 is 24.0 Å². The molecule has 6 nitrogen and oxygen atoms in total. The number of aliphatic hydroxyl groups is 1. The summed E-state index contributed by atoms with van der Waals surface area (Å²) in [6.45, 7) is 4.13. The number of thiocarbonyl (C=S) groups is 1. The summed E-state index contributed by atoms with van der Waals surface area (Å²) in [5.41, 5.74) is 10.6. The van der Waals surface area contributed by atoms with Crippen molar-refractivity contribution in [1.82, 2.24) is 10.9 Å². The highest BCUT2D eigenvalue weighted by atomic mass is 32.2. The first-order valence-corrected chi connectivity index (χ1v) is 8.83. The SMILES string of the molecule is CC(C)SCC[C@@H](N)C(O)C(=O)NNC(=O)C1=CC(=S)CC=C1. The maximum Gasteiger partial charge on any atom is 0.269 e. The Kier molecular flexibility index (Phi) is 8.46. The van der Waals surface area contributed by atoms with Crippen LogP contribution >= 0.6 is 24.0 Å². The Morgan fingerprint density at radius 1 is 1.43 bits per heavy atom. The van der Waals surface area contributed by atoms with E-state index in [9.17, 15) is 14.7 Å². The van der Waals surface area contributed by atoms with Gasteiger partial charge in [0.25, 0.3) is 11.8 Å². The molecule has 0 saturated carbocycles. The fourth-order valence-corrected chi connectivity index (χ4v) is 2.88. The molecule has 1 rings (SSSR count). The summed E-state index contributed by atoms with van der Waals surface area (Å²) in [6.07, 6.45) is 4.73. The summed E-state index contributed by atoms with van der Waals surface area (Å²) >= 11 is 6.72. The van der Waals surface area contributed by atoms with Gasteiger partial charge in [-0.15, -0.1) is 0 Å². The number of aliphatic hydroxyl groups excluding tert-OH is 1. The zero-order chi connectivity index (χ0) is 17.4. The Balaban J connectivity index is 2.38. The average molecular weight is 358 g/mol. The van der Waals surface area contributed by atoms with Crippen molar-refractivity contribution in [3.8, 4) is 0 Å². The molecule has 128 valence electrons. The van der Waals surface area contributed by atoms with Gasteiger partial charge < -0.3 is 10.8 Å². The van der Waals surface area contributed by atoms with Gasteiger partial charge in [-0.05, 0) is 23.5 Å². The number of hydrogen-bond acceptors (Lipinski definition) is 6. The first-order chi connectivity index (χ1) is 10.8. The Labute approximate surface area is 145 Å². The molecule has 0 spiro atoms. The molecule has 0 aromatic rings. The van der Waals surface area contributed by atoms with Crippen molar-refractivity contribution in [2.45, 2.75) is 44.1 Å². The Hall–Kier alpha value is -1.22. The molecule has 1 unspecified atom stereocenters. The van der Waals surface area contributed by atoms with E-state index in [0.29, 0.717) is 28.5 Å². The average Bonchev–Trinajstić information content (AvgIpc) is 2.50. The molecule has 5 N–H and O–H groups in total. The van der Waals surface area contributed by atoms with Crippen LogP contribution in [0.3, 0.4) is 0 Å². The summed E-state index contributed by atoms with van der Waals surface area (Å²) in [6, 6.07) is -0.681. The third-order valence-electron chi connectivity index (χ3n) is 3.07. The standard InChI is InChI=1S/C15H23N3O3S2/c1-9(2)23-7-6-12(16)13(19)15(21)18-17-14(20)10-4-3-5-11(22)8-10/h3-4,8-9,12-13,19H,5-7,16H2,1-2H3,(H,17,20)(H,18,21)/t12-,13?/m1/s1. The van der Waals surface area contributed by atoms with Gasteiger partial charge in [-0.3, -0.25) is 20.4 Å². The molecule has 2 amide bonds. The van der Waals surface area contributed by atoms with E-state index in [1.165, 1.54) is 0 Å². The topological polar surface area (TPSA) is 104 Å². The molecule has 0 heterocycles. The van der Waals surface area contributed by atoms with E-state index in [4.69, 9.17) is 18.0 Å². The number of rotatable bonds is 7. The molecule has 0 fully saturated rings. The van der Waals surface area contributed by atoms with E-state index in [1.807, 2.05) is 0 Å². The lowest BCUT2D eigenvalue weighted by atomic mass is 10.1. The minimum absolute atomic E-state index is 0.355. The number of hydrazine groups is 1. The van der Waals surface area contributed by atoms with Gasteiger partial charge in [-0.25, -0.2) is 0 Å². The smallest absolute Gasteiger partial charge is 0.269 e. The van der Waals surface area contributed by atoms with Gasteiger partial charge in [-0.2, -0.15) is 11.8 Å². The van der Waals surface area contributed by atoms with Crippen molar-refractivity contribution in [3.05, 3.63) is 23.8 Å². The fourth-order valence-electron chi connectivity index (χ4n) is 1.78. The maximum atomic E-state index is 11.9. The molecule has 0 bridgehead atoms. The van der Waals surface area contributed by atoms with Crippen molar-refractivity contribution < 1.29 is 14.7 Å². The summed E-state index contributed by atoms with van der Waals surface area (Å²) in [5, 5.41) is 10.3. The molecule has 23 heavy (non-hydrogen) atoms. The Morgan fingerprint density at radius 3 is 2.74 bits per heavy atom. The Bertz CT molecular complexity index is 518. The third-order valence-corrected chi connectivity index (χ3v) is 4.49. The second kappa shape index (κ2) is 9.82. The number of thioether (sulfide) groups is 1. The quantitative estimate of drug-likeness (QED) is 0.393. The summed E-state index contributed by atoms with van der Waals surface area (Å²) in [5.74, 6) is -0.471. The van der Waals surface area contributed by atoms with Gasteiger partial charge in [-0.1, -0.05) is 38.2 Å². The number of allylic oxidation sites excluding steroid dienone is 2. The van der Waals surface area contributed by atoms with Crippen molar-refractivity contribution in [2.75, 3.05) is 5.75 Å². The lowest BCUT2D eigenvalue weighted by Crippen LogP contribution is -2.52. The van der Waals surface area contributed by atoms with Crippen LogP contribution in [0.5, 0.6) is 0 Å². The van der Waals surface area contributed by atoms with E-state index in [2.05, 4.69) is 24.7 Å². The van der Waals surface area contributed by atoms with E-state index in [-0.39, 0.29) is 0 Å². The van der Waals surface area contributed by atoms with Gasteiger partial charge in [0.15, 0.2) is 0 Å². The fraction of sp³-hybridized carbons (Fsp3) is 0.533. The Morgan fingerprint density at radius 2 is 2.13 bits per heavy atom. The number of nitrogens with one attached hydrogen (secondary N) is 2. The number of nitrogens with two attached hydrogens (primary N) is 1. The largest absolute Gasteiger partial charge is 0.382 e. The first-order valence-electron chi connectivity index (χ1n) is 7.37. The van der Waals surface area contributed by atoms with Crippen LogP contribution in [0, 0.1) is 0 Å². The van der Waals surface area contributed by atoms with Gasteiger partial charge in [0, 0.05) is 22.9 Å². The molecule has 0 saturated heterocycles. The van der Waals surface area contributed by atoms with Gasteiger partial charge >= 0.3 is 0 Å². The van der Waals surface area contributed by atoms with Gasteiger partial charge in [0.1, 0.15) is 6.10 Å². The van der Waals surface area contributed by atoms with Crippen LogP contribution in [-0.4, -0.2) is 44.9 Å². The van der Waals surface area contributed by atoms with Crippen LogP contribution < -0.4 is 16.6 Å². The van der Waals surface area contributed by atoms with Crippen LogP contribution in [0.15, 0.2) is 23.8 Å². The lowest BCUT2D eigenvalue weighted by molar-refractivity contribution is -0.134. The second-order valence-corrected chi connectivity index (χ2v) is 7.64. The third kappa shape index (κ3) is 7.26. The van der Waals surface area contributed by atoms with Crippen molar-refractivity contribution in [3.63, 3.8) is 0 Å². The number of hydrogen-bond donors (Lipinski definition) is 4. The predicted octanol–water partition coefficient (Wildman–Crippen LogP) is 0.610. The highest BCUT2D eigenvalue weighted by Gasteiger charge is 2.23. The van der Waals surface area contributed by atoms with Crippen LogP contribution in [-0.2, 0) is 9.59 Å². The second-order valence-electron chi connectivity index (χ2n) is 5.43. The van der Waals surface area contributed by atoms with Gasteiger partial charge in [0.2, 0.25) is 0 Å². The van der Waals surface area contributed by atoms with Crippen LogP contribution in [0.4, 0.5) is 0 Å². The van der Waals surface area contributed by atoms with E-state index >= 15 is 0 Å². The summed E-state index contributed by atoms with van der Waals surface area (Å²) < 4.78 is 0. The molecule has 1 aliphatic carbocycles. The summed E-state index contributed by atoms with van der Waals surface area (Å²) in [7, 11) is 0. The zero-order valence-corrected chi connectivity index (χ0v) is 14.9. The number of carbonyl (C=O) groups is 2. The van der Waals surface area contributed by atoms with E-state index in [0.717, 1.165) is 5.75 Å². The number of carbonyl (C=O) groups excluding carboxylic acids is 2. The van der Waals surface area contributed by atoms with Crippen LogP contribution in [0.2, 0.25) is 0 Å². The molecule has 0 aromatic heterocycles. The van der Waals surface area contributed by atoms with Gasteiger partial charge in [0.05, 0.1) is 0 Å². The monoisotopic (exact) mass is 357 g/mol. The minimum Gasteiger partial charge on any atom is -0.382 e. The number of amides is 2. The first kappa shape index (κ1) is 19.8. The lowest BCUT2D eigenvalue weighted by Gasteiger charge is -2.19. The molecule has 0 aromatic carbocycles. The molecule has 2 atom stereocenters. The van der Waals surface area contributed by atoms with Crippen LogP contribution in [0.25, 0.3) is 0 Å². The highest BCUT2D eigenvalue weighted by molar-refractivity contribution is 7.99.